The summed E-state index contributed by atoms with van der Waals surface area (Å²) in [5.74, 6) is -0.417. The van der Waals surface area contributed by atoms with Crippen molar-refractivity contribution in [3.8, 4) is 0 Å². The van der Waals surface area contributed by atoms with Crippen molar-refractivity contribution < 1.29 is 40.3 Å². The van der Waals surface area contributed by atoms with Gasteiger partial charge in [-0.25, -0.2) is 4.39 Å². The third-order valence-electron chi connectivity index (χ3n) is 2.85. The van der Waals surface area contributed by atoms with Crippen molar-refractivity contribution in [1.82, 2.24) is 5.32 Å². The van der Waals surface area contributed by atoms with Gasteiger partial charge in [-0.15, -0.1) is 0 Å². The second-order valence-electron chi connectivity index (χ2n) is 5.27. The van der Waals surface area contributed by atoms with Gasteiger partial charge in [0.1, 0.15) is 0 Å². The first-order valence-corrected chi connectivity index (χ1v) is 5.29. The first-order valence-electron chi connectivity index (χ1n) is 5.29. The smallest absolute Gasteiger partial charge is 0.257 e. The van der Waals surface area contributed by atoms with Crippen molar-refractivity contribution in [2.24, 2.45) is 5.41 Å². The van der Waals surface area contributed by atoms with E-state index in [1.165, 1.54) is 0 Å². The average molecular weight is 439 g/mol. The Hall–Kier alpha value is 0.452. The Morgan fingerprint density at radius 1 is 1.47 bits per heavy atom. The Bertz CT molecular complexity index is 233. The molecular formula is C11H20FNOU. The molecule has 1 fully saturated rings. The Labute approximate surface area is 115 Å². The van der Waals surface area contributed by atoms with Crippen molar-refractivity contribution in [3.63, 3.8) is 0 Å². The SMILES string of the molecule is CCC(NC(=O)C1(F)CC1)C(C)(C)C.[U]. The Morgan fingerprint density at radius 2 is 1.93 bits per heavy atom. The predicted molar refractivity (Wildman–Crippen MR) is 54.7 cm³/mol. The quantitative estimate of drug-likeness (QED) is 0.720. The number of carbonyl (C=O) groups excluding carboxylic acids is 1. The van der Waals surface area contributed by atoms with Gasteiger partial charge in [-0.1, -0.05) is 27.7 Å². The minimum Gasteiger partial charge on any atom is -0.350 e. The number of hydrogen-bond donors (Lipinski definition) is 1. The molecule has 0 aromatic rings. The minimum atomic E-state index is -1.54. The third kappa shape index (κ3) is 4.07. The summed E-state index contributed by atoms with van der Waals surface area (Å²) in [6.45, 7) is 8.17. The molecule has 1 N–H and O–H groups in total. The predicted octanol–water partition coefficient (Wildman–Crippen LogP) is 2.43. The zero-order chi connectivity index (χ0) is 11.0. The van der Waals surface area contributed by atoms with Gasteiger partial charge in [0.25, 0.3) is 5.91 Å². The van der Waals surface area contributed by atoms with E-state index in [9.17, 15) is 9.18 Å². The van der Waals surface area contributed by atoms with Gasteiger partial charge in [0.15, 0.2) is 5.67 Å². The zero-order valence-corrected chi connectivity index (χ0v) is 14.1. The maximum absolute atomic E-state index is 13.4. The van der Waals surface area contributed by atoms with Crippen LogP contribution in [0.15, 0.2) is 0 Å². The Morgan fingerprint density at radius 3 is 2.20 bits per heavy atom. The van der Waals surface area contributed by atoms with Crippen LogP contribution in [0.25, 0.3) is 0 Å². The summed E-state index contributed by atoms with van der Waals surface area (Å²) in [5.41, 5.74) is -1.55. The number of carbonyl (C=O) groups is 1. The molecule has 0 aliphatic heterocycles. The van der Waals surface area contributed by atoms with E-state index >= 15 is 0 Å². The summed E-state index contributed by atoms with van der Waals surface area (Å²) in [4.78, 5) is 11.5. The fraction of sp³-hybridized carbons (Fsp3) is 0.909. The first-order chi connectivity index (χ1) is 6.29. The summed E-state index contributed by atoms with van der Waals surface area (Å²) < 4.78 is 13.4. The Balaban J connectivity index is 0.00000196. The molecular weight excluding hydrogens is 419 g/mol. The van der Waals surface area contributed by atoms with E-state index in [0.29, 0.717) is 12.8 Å². The van der Waals surface area contributed by atoms with E-state index in [-0.39, 0.29) is 42.6 Å². The summed E-state index contributed by atoms with van der Waals surface area (Å²) >= 11 is 0. The number of amides is 1. The molecule has 86 valence electrons. The fourth-order valence-electron chi connectivity index (χ4n) is 1.56. The van der Waals surface area contributed by atoms with E-state index in [0.717, 1.165) is 6.42 Å². The summed E-state index contributed by atoms with van der Waals surface area (Å²) in [6.07, 6.45) is 1.62. The van der Waals surface area contributed by atoms with Gasteiger partial charge < -0.3 is 5.32 Å². The van der Waals surface area contributed by atoms with Crippen LogP contribution >= 0.6 is 0 Å². The minimum absolute atomic E-state index is 0. The molecule has 15 heavy (non-hydrogen) atoms. The standard InChI is InChI=1S/C11H20FNO.U/c1-5-8(10(2,3)4)13-9(14)11(12)6-7-11;/h8H,5-7H2,1-4H3,(H,13,14);. The molecule has 1 unspecified atom stereocenters. The normalized spacial score (nSPS) is 20.1. The number of halogens is 1. The van der Waals surface area contributed by atoms with E-state index in [1.54, 1.807) is 0 Å². The van der Waals surface area contributed by atoms with Crippen LogP contribution in [0, 0.1) is 36.5 Å². The van der Waals surface area contributed by atoms with Gasteiger partial charge in [-0.2, -0.15) is 0 Å². The molecule has 0 bridgehead atoms. The van der Waals surface area contributed by atoms with Crippen LogP contribution in [-0.2, 0) is 4.79 Å². The summed E-state index contributed by atoms with van der Waals surface area (Å²) in [6, 6.07) is 0.0585. The molecule has 1 aliphatic rings. The van der Waals surface area contributed by atoms with Gasteiger partial charge in [-0.05, 0) is 24.7 Å². The Kier molecular flexibility index (Phi) is 5.34. The fourth-order valence-corrected chi connectivity index (χ4v) is 1.56. The molecule has 2 nitrogen and oxygen atoms in total. The molecule has 1 atom stereocenters. The van der Waals surface area contributed by atoms with Crippen LogP contribution in [0.5, 0.6) is 0 Å². The molecule has 1 rings (SSSR count). The molecule has 0 heterocycles. The summed E-state index contributed by atoms with van der Waals surface area (Å²) in [5, 5.41) is 2.80. The molecule has 1 aliphatic carbocycles. The number of rotatable bonds is 3. The van der Waals surface area contributed by atoms with Crippen LogP contribution in [0.4, 0.5) is 4.39 Å². The van der Waals surface area contributed by atoms with Crippen molar-refractivity contribution in [1.29, 1.82) is 0 Å². The topological polar surface area (TPSA) is 29.1 Å². The number of hydrogen-bond acceptors (Lipinski definition) is 1. The van der Waals surface area contributed by atoms with Crippen LogP contribution in [0.3, 0.4) is 0 Å². The van der Waals surface area contributed by atoms with E-state index in [4.69, 9.17) is 0 Å². The molecule has 0 radical (unpaired) electrons. The van der Waals surface area contributed by atoms with Gasteiger partial charge in [-0.3, -0.25) is 4.79 Å². The largest absolute Gasteiger partial charge is 0.350 e. The van der Waals surface area contributed by atoms with Gasteiger partial charge in [0.2, 0.25) is 0 Å². The molecule has 0 spiro atoms. The monoisotopic (exact) mass is 439 g/mol. The molecule has 4 heteroatoms. The van der Waals surface area contributed by atoms with Gasteiger partial charge in [0.05, 0.1) is 0 Å². The van der Waals surface area contributed by atoms with Crippen molar-refractivity contribution in [3.05, 3.63) is 0 Å². The van der Waals surface area contributed by atoms with Crippen LogP contribution in [0.1, 0.15) is 47.0 Å². The van der Waals surface area contributed by atoms with Crippen LogP contribution in [0.2, 0.25) is 0 Å². The van der Waals surface area contributed by atoms with Gasteiger partial charge >= 0.3 is 0 Å². The van der Waals surface area contributed by atoms with E-state index in [1.807, 2.05) is 6.92 Å². The number of alkyl halides is 1. The van der Waals surface area contributed by atoms with Crippen LogP contribution in [-0.4, -0.2) is 17.6 Å². The maximum atomic E-state index is 13.4. The van der Waals surface area contributed by atoms with E-state index < -0.39 is 11.6 Å². The molecule has 1 saturated carbocycles. The van der Waals surface area contributed by atoms with Gasteiger partial charge in [0, 0.05) is 37.2 Å². The summed E-state index contributed by atoms with van der Waals surface area (Å²) in [7, 11) is 0. The van der Waals surface area contributed by atoms with Crippen molar-refractivity contribution in [2.45, 2.75) is 58.7 Å². The maximum Gasteiger partial charge on any atom is 0.257 e. The molecule has 1 amide bonds. The second-order valence-corrected chi connectivity index (χ2v) is 5.27. The molecule has 0 saturated heterocycles. The first kappa shape index (κ1) is 15.5. The zero-order valence-electron chi connectivity index (χ0n) is 9.98. The van der Waals surface area contributed by atoms with Crippen LogP contribution < -0.4 is 5.32 Å². The molecule has 0 aromatic carbocycles. The average Bonchev–Trinajstić information content (AvgIpc) is 2.78. The number of nitrogens with one attached hydrogen (secondary N) is 1. The van der Waals surface area contributed by atoms with Crippen molar-refractivity contribution >= 4 is 5.91 Å². The third-order valence-corrected chi connectivity index (χ3v) is 2.85. The van der Waals surface area contributed by atoms with E-state index in [2.05, 4.69) is 26.1 Å². The van der Waals surface area contributed by atoms with Crippen molar-refractivity contribution in [2.75, 3.05) is 0 Å². The second kappa shape index (κ2) is 5.19. The molecule has 0 aromatic heterocycles.